The lowest BCUT2D eigenvalue weighted by Crippen LogP contribution is -2.48. The summed E-state index contributed by atoms with van der Waals surface area (Å²) in [6, 6.07) is 5.66. The summed E-state index contributed by atoms with van der Waals surface area (Å²) < 4.78 is 25.6. The van der Waals surface area contributed by atoms with Crippen molar-refractivity contribution in [1.82, 2.24) is 10.2 Å². The molecule has 1 fully saturated rings. The molecule has 1 N–H and O–H groups in total. The molecule has 0 aliphatic carbocycles. The van der Waals surface area contributed by atoms with Gasteiger partial charge in [-0.2, -0.15) is 0 Å². The van der Waals surface area contributed by atoms with Crippen molar-refractivity contribution in [3.05, 3.63) is 29.3 Å². The Kier molecular flexibility index (Phi) is 7.73. The van der Waals surface area contributed by atoms with Crippen LogP contribution < -0.4 is 9.62 Å². The van der Waals surface area contributed by atoms with Crippen LogP contribution in [0.1, 0.15) is 32.6 Å². The number of anilines is 1. The largest absolute Gasteiger partial charge is 0.354 e. The minimum Gasteiger partial charge on any atom is -0.354 e. The predicted octanol–water partition coefficient (Wildman–Crippen LogP) is 2.49. The number of piperidine rings is 1. The molecule has 0 saturated carbocycles. The number of hydrogen-bond donors (Lipinski definition) is 1. The first-order valence-electron chi connectivity index (χ1n) is 9.04. The summed E-state index contributed by atoms with van der Waals surface area (Å²) in [5, 5.41) is 3.28. The number of carbonyl (C=O) groups is 1. The maximum atomic E-state index is 12.5. The Morgan fingerprint density at radius 2 is 2.00 bits per heavy atom. The molecule has 1 aliphatic heterocycles. The Bertz CT molecular complexity index is 705. The van der Waals surface area contributed by atoms with Gasteiger partial charge in [0.05, 0.1) is 11.9 Å². The topological polar surface area (TPSA) is 69.7 Å². The van der Waals surface area contributed by atoms with Crippen LogP contribution in [-0.2, 0) is 14.8 Å². The molecule has 1 amide bonds. The van der Waals surface area contributed by atoms with E-state index in [0.717, 1.165) is 36.6 Å². The Hall–Kier alpha value is -1.31. The summed E-state index contributed by atoms with van der Waals surface area (Å²) in [5.41, 5.74) is 0.385. The zero-order valence-electron chi connectivity index (χ0n) is 15.4. The first kappa shape index (κ1) is 21.0. The Balaban J connectivity index is 1.92. The third-order valence-corrected chi connectivity index (χ3v) is 6.03. The summed E-state index contributed by atoms with van der Waals surface area (Å²) in [6.45, 7) is 5.33. The highest BCUT2D eigenvalue weighted by Gasteiger charge is 2.29. The molecular formula is C18H28ClN3O3S. The van der Waals surface area contributed by atoms with Gasteiger partial charge in [0.25, 0.3) is 0 Å². The number of benzene rings is 1. The number of rotatable bonds is 8. The highest BCUT2D eigenvalue weighted by atomic mass is 35.5. The van der Waals surface area contributed by atoms with E-state index in [4.69, 9.17) is 11.6 Å². The molecular weight excluding hydrogens is 374 g/mol. The number of likely N-dealkylation sites (tertiary alicyclic amines) is 1. The van der Waals surface area contributed by atoms with Gasteiger partial charge in [-0.15, -0.1) is 0 Å². The number of carbonyl (C=O) groups excluding carboxylic acids is 1. The predicted molar refractivity (Wildman–Crippen MR) is 106 cm³/mol. The average Bonchev–Trinajstić information content (AvgIpc) is 2.58. The normalized spacial score (nSPS) is 16.9. The number of halogens is 1. The SMILES string of the molecule is C[C@@H](C(=O)NCCCN1CCCCC1)N(c1cccc(Cl)c1)S(C)(=O)=O. The summed E-state index contributed by atoms with van der Waals surface area (Å²) in [7, 11) is -3.62. The smallest absolute Gasteiger partial charge is 0.243 e. The van der Waals surface area contributed by atoms with Crippen LogP contribution in [0.3, 0.4) is 0 Å². The maximum absolute atomic E-state index is 12.5. The standard InChI is InChI=1S/C18H28ClN3O3S/c1-15(18(23)20-10-7-13-21-11-4-3-5-12-21)22(26(2,24)25)17-9-6-8-16(19)14-17/h6,8-9,14-15H,3-5,7,10-13H2,1-2H3,(H,20,23)/t15-/m0/s1. The van der Waals surface area contributed by atoms with Crippen LogP contribution in [0.4, 0.5) is 5.69 Å². The first-order chi connectivity index (χ1) is 12.3. The second-order valence-electron chi connectivity index (χ2n) is 6.76. The molecule has 26 heavy (non-hydrogen) atoms. The fourth-order valence-corrected chi connectivity index (χ4v) is 4.62. The average molecular weight is 402 g/mol. The van der Waals surface area contributed by atoms with Gasteiger partial charge in [0.2, 0.25) is 15.9 Å². The first-order valence-corrected chi connectivity index (χ1v) is 11.3. The maximum Gasteiger partial charge on any atom is 0.243 e. The molecule has 1 heterocycles. The van der Waals surface area contributed by atoms with Crippen molar-refractivity contribution in [2.45, 2.75) is 38.6 Å². The number of nitrogens with one attached hydrogen (secondary N) is 1. The highest BCUT2D eigenvalue weighted by molar-refractivity contribution is 7.92. The number of sulfonamides is 1. The summed E-state index contributed by atoms with van der Waals surface area (Å²) in [6.07, 6.45) is 5.73. The van der Waals surface area contributed by atoms with Gasteiger partial charge in [-0.25, -0.2) is 8.42 Å². The van der Waals surface area contributed by atoms with Crippen molar-refractivity contribution in [1.29, 1.82) is 0 Å². The van der Waals surface area contributed by atoms with E-state index >= 15 is 0 Å². The molecule has 0 unspecified atom stereocenters. The molecule has 8 heteroatoms. The van der Waals surface area contributed by atoms with Gasteiger partial charge in [-0.05, 0) is 64.0 Å². The van der Waals surface area contributed by atoms with E-state index in [1.807, 2.05) is 0 Å². The summed E-state index contributed by atoms with van der Waals surface area (Å²) >= 11 is 5.97. The minimum absolute atomic E-state index is 0.311. The van der Waals surface area contributed by atoms with Gasteiger partial charge in [0, 0.05) is 11.6 Å². The number of amides is 1. The Morgan fingerprint density at radius 1 is 1.31 bits per heavy atom. The van der Waals surface area contributed by atoms with Gasteiger partial charge in [-0.3, -0.25) is 9.10 Å². The lowest BCUT2D eigenvalue weighted by atomic mass is 10.1. The van der Waals surface area contributed by atoms with Crippen molar-refractivity contribution in [3.63, 3.8) is 0 Å². The lowest BCUT2D eigenvalue weighted by Gasteiger charge is -2.29. The van der Waals surface area contributed by atoms with Gasteiger partial charge in [0.15, 0.2) is 0 Å². The van der Waals surface area contributed by atoms with Gasteiger partial charge in [-0.1, -0.05) is 24.1 Å². The third-order valence-electron chi connectivity index (χ3n) is 4.55. The van der Waals surface area contributed by atoms with E-state index < -0.39 is 16.1 Å². The quantitative estimate of drug-likeness (QED) is 0.679. The summed E-state index contributed by atoms with van der Waals surface area (Å²) in [4.78, 5) is 14.9. The molecule has 146 valence electrons. The van der Waals surface area contributed by atoms with Crippen LogP contribution in [0.25, 0.3) is 0 Å². The fourth-order valence-electron chi connectivity index (χ4n) is 3.27. The molecule has 0 spiro atoms. The van der Waals surface area contributed by atoms with Crippen LogP contribution in [-0.4, -0.2) is 57.7 Å². The van der Waals surface area contributed by atoms with Gasteiger partial charge < -0.3 is 10.2 Å². The van der Waals surface area contributed by atoms with Gasteiger partial charge in [0.1, 0.15) is 6.04 Å². The molecule has 6 nitrogen and oxygen atoms in total. The highest BCUT2D eigenvalue weighted by Crippen LogP contribution is 2.24. The zero-order valence-corrected chi connectivity index (χ0v) is 17.0. The van der Waals surface area contributed by atoms with Crippen molar-refractivity contribution in [2.75, 3.05) is 36.7 Å². The number of nitrogens with zero attached hydrogens (tertiary/aromatic N) is 2. The molecule has 0 aromatic heterocycles. The molecule has 2 rings (SSSR count). The van der Waals surface area contributed by atoms with Crippen molar-refractivity contribution in [3.8, 4) is 0 Å². The fraction of sp³-hybridized carbons (Fsp3) is 0.611. The lowest BCUT2D eigenvalue weighted by molar-refractivity contribution is -0.121. The number of hydrogen-bond acceptors (Lipinski definition) is 4. The molecule has 1 atom stereocenters. The van der Waals surface area contributed by atoms with E-state index in [-0.39, 0.29) is 5.91 Å². The minimum atomic E-state index is -3.62. The Morgan fingerprint density at radius 3 is 2.62 bits per heavy atom. The van der Waals surface area contributed by atoms with Crippen molar-refractivity contribution in [2.24, 2.45) is 0 Å². The second kappa shape index (κ2) is 9.58. The third kappa shape index (κ3) is 6.14. The molecule has 1 aliphatic rings. The molecule has 1 saturated heterocycles. The van der Waals surface area contributed by atoms with Crippen LogP contribution in [0.15, 0.2) is 24.3 Å². The van der Waals surface area contributed by atoms with Gasteiger partial charge >= 0.3 is 0 Å². The van der Waals surface area contributed by atoms with Crippen LogP contribution in [0, 0.1) is 0 Å². The van der Waals surface area contributed by atoms with Crippen LogP contribution >= 0.6 is 11.6 Å². The van der Waals surface area contributed by atoms with Crippen molar-refractivity contribution < 1.29 is 13.2 Å². The second-order valence-corrected chi connectivity index (χ2v) is 9.06. The molecule has 0 radical (unpaired) electrons. The summed E-state index contributed by atoms with van der Waals surface area (Å²) in [5.74, 6) is -0.311. The van der Waals surface area contributed by atoms with Crippen LogP contribution in [0.2, 0.25) is 5.02 Å². The zero-order chi connectivity index (χ0) is 19.2. The van der Waals surface area contributed by atoms with E-state index in [9.17, 15) is 13.2 Å². The molecule has 1 aromatic carbocycles. The van der Waals surface area contributed by atoms with Crippen LogP contribution in [0.5, 0.6) is 0 Å². The van der Waals surface area contributed by atoms with E-state index in [1.54, 1.807) is 31.2 Å². The van der Waals surface area contributed by atoms with Crippen molar-refractivity contribution >= 4 is 33.2 Å². The van der Waals surface area contributed by atoms with E-state index in [2.05, 4.69) is 10.2 Å². The molecule has 1 aromatic rings. The van der Waals surface area contributed by atoms with E-state index in [0.29, 0.717) is 17.3 Å². The van der Waals surface area contributed by atoms with E-state index in [1.165, 1.54) is 19.3 Å². The Labute approximate surface area is 161 Å². The monoisotopic (exact) mass is 401 g/mol. The molecule has 0 bridgehead atoms.